The van der Waals surface area contributed by atoms with Crippen molar-refractivity contribution >= 4 is 5.69 Å². The van der Waals surface area contributed by atoms with Crippen molar-refractivity contribution in [2.24, 2.45) is 0 Å². The number of nitrogens with two attached hydrogens (primary N) is 1. The van der Waals surface area contributed by atoms with Gasteiger partial charge in [-0.05, 0) is 30.7 Å². The third-order valence-electron chi connectivity index (χ3n) is 2.65. The lowest BCUT2D eigenvalue weighted by Gasteiger charge is -2.00. The van der Waals surface area contributed by atoms with E-state index >= 15 is 0 Å². The van der Waals surface area contributed by atoms with Gasteiger partial charge in [-0.3, -0.25) is 0 Å². The number of aromatic nitrogens is 4. The predicted molar refractivity (Wildman–Crippen MR) is 66.5 cm³/mol. The van der Waals surface area contributed by atoms with Crippen LogP contribution in [0.1, 0.15) is 5.56 Å². The molecule has 0 radical (unpaired) electrons. The number of aromatic amines is 1. The van der Waals surface area contributed by atoms with Crippen LogP contribution in [-0.4, -0.2) is 20.1 Å². The third-order valence-corrected chi connectivity index (χ3v) is 2.65. The Balaban J connectivity index is 2.00. The van der Waals surface area contributed by atoms with Gasteiger partial charge in [0.15, 0.2) is 5.82 Å². The molecule has 18 heavy (non-hydrogen) atoms. The van der Waals surface area contributed by atoms with Gasteiger partial charge in [0.2, 0.25) is 5.82 Å². The van der Waals surface area contributed by atoms with Crippen LogP contribution < -0.4 is 5.73 Å². The standard InChI is InChI=1S/C12H11N5O/c1-7-6-8(2-3-9(7)13)12-16-11(17-18-12)10-14-4-5-15-10/h2-6H,13H2,1H3,(H,14,15). The van der Waals surface area contributed by atoms with E-state index in [0.717, 1.165) is 16.8 Å². The molecule has 0 aliphatic heterocycles. The topological polar surface area (TPSA) is 93.6 Å². The van der Waals surface area contributed by atoms with Gasteiger partial charge in [0.25, 0.3) is 5.89 Å². The Morgan fingerprint density at radius 1 is 1.33 bits per heavy atom. The number of rotatable bonds is 2. The van der Waals surface area contributed by atoms with Crippen LogP contribution in [0, 0.1) is 6.92 Å². The Hall–Kier alpha value is -2.63. The molecule has 1 aromatic carbocycles. The second-order valence-electron chi connectivity index (χ2n) is 3.93. The first-order chi connectivity index (χ1) is 8.74. The minimum absolute atomic E-state index is 0.435. The van der Waals surface area contributed by atoms with Crippen LogP contribution in [0.2, 0.25) is 0 Å². The molecule has 0 aliphatic carbocycles. The maximum absolute atomic E-state index is 5.77. The van der Waals surface area contributed by atoms with Crippen molar-refractivity contribution in [3.8, 4) is 23.1 Å². The maximum atomic E-state index is 5.77. The smallest absolute Gasteiger partial charge is 0.258 e. The summed E-state index contributed by atoms with van der Waals surface area (Å²) in [4.78, 5) is 11.3. The molecule has 2 heterocycles. The molecule has 3 N–H and O–H groups in total. The molecule has 0 aliphatic rings. The highest BCUT2D eigenvalue weighted by Crippen LogP contribution is 2.23. The number of benzene rings is 1. The first-order valence-corrected chi connectivity index (χ1v) is 5.44. The molecule has 0 fully saturated rings. The van der Waals surface area contributed by atoms with Crippen LogP contribution in [-0.2, 0) is 0 Å². The Labute approximate surface area is 103 Å². The molecule has 0 spiro atoms. The van der Waals surface area contributed by atoms with Crippen molar-refractivity contribution in [3.63, 3.8) is 0 Å². The highest BCUT2D eigenvalue weighted by molar-refractivity contribution is 5.62. The van der Waals surface area contributed by atoms with Gasteiger partial charge in [-0.25, -0.2) is 4.98 Å². The lowest BCUT2D eigenvalue weighted by atomic mass is 10.1. The van der Waals surface area contributed by atoms with Crippen LogP contribution in [0.5, 0.6) is 0 Å². The largest absolute Gasteiger partial charge is 0.399 e. The summed E-state index contributed by atoms with van der Waals surface area (Å²) in [6.45, 7) is 1.93. The SMILES string of the molecule is Cc1cc(-c2nc(-c3ncc[nH]3)no2)ccc1N. The van der Waals surface area contributed by atoms with Crippen LogP contribution in [0.4, 0.5) is 5.69 Å². The van der Waals surface area contributed by atoms with Crippen LogP contribution in [0.25, 0.3) is 23.1 Å². The molecular weight excluding hydrogens is 230 g/mol. The fraction of sp³-hybridized carbons (Fsp3) is 0.0833. The molecule has 2 aromatic heterocycles. The second kappa shape index (κ2) is 3.99. The number of nitrogens with one attached hydrogen (secondary N) is 1. The molecule has 0 atom stereocenters. The highest BCUT2D eigenvalue weighted by atomic mass is 16.5. The number of nitrogen functional groups attached to an aromatic ring is 1. The molecule has 0 unspecified atom stereocenters. The summed E-state index contributed by atoms with van der Waals surface area (Å²) in [5.41, 5.74) is 8.32. The lowest BCUT2D eigenvalue weighted by Crippen LogP contribution is -1.89. The molecule has 90 valence electrons. The maximum Gasteiger partial charge on any atom is 0.258 e. The van der Waals surface area contributed by atoms with Crippen LogP contribution >= 0.6 is 0 Å². The summed E-state index contributed by atoms with van der Waals surface area (Å²) in [5.74, 6) is 1.46. The zero-order valence-electron chi connectivity index (χ0n) is 9.71. The van der Waals surface area contributed by atoms with E-state index < -0.39 is 0 Å². The van der Waals surface area contributed by atoms with Crippen LogP contribution in [0.15, 0.2) is 35.1 Å². The van der Waals surface area contributed by atoms with E-state index in [-0.39, 0.29) is 0 Å². The Morgan fingerprint density at radius 2 is 2.22 bits per heavy atom. The van der Waals surface area contributed by atoms with Crippen molar-refractivity contribution in [1.29, 1.82) is 0 Å². The molecule has 6 nitrogen and oxygen atoms in total. The van der Waals surface area contributed by atoms with Crippen molar-refractivity contribution in [1.82, 2.24) is 20.1 Å². The van der Waals surface area contributed by atoms with Gasteiger partial charge in [-0.2, -0.15) is 4.98 Å². The minimum atomic E-state index is 0.435. The van der Waals surface area contributed by atoms with Gasteiger partial charge in [0.1, 0.15) is 0 Å². The average Bonchev–Trinajstić information content (AvgIpc) is 3.01. The summed E-state index contributed by atoms with van der Waals surface area (Å²) in [5, 5.41) is 3.88. The van der Waals surface area contributed by atoms with Gasteiger partial charge >= 0.3 is 0 Å². The van der Waals surface area contributed by atoms with E-state index in [9.17, 15) is 0 Å². The number of hydrogen-bond acceptors (Lipinski definition) is 5. The molecule has 3 aromatic rings. The molecule has 0 saturated carbocycles. The van der Waals surface area contributed by atoms with E-state index in [1.54, 1.807) is 12.4 Å². The Bertz CT molecular complexity index is 672. The number of hydrogen-bond donors (Lipinski definition) is 2. The monoisotopic (exact) mass is 241 g/mol. The van der Waals surface area contributed by atoms with Gasteiger partial charge in [0, 0.05) is 23.6 Å². The van der Waals surface area contributed by atoms with Gasteiger partial charge in [0.05, 0.1) is 0 Å². The first-order valence-electron chi connectivity index (χ1n) is 5.44. The summed E-state index contributed by atoms with van der Waals surface area (Å²) >= 11 is 0. The second-order valence-corrected chi connectivity index (χ2v) is 3.93. The lowest BCUT2D eigenvalue weighted by molar-refractivity contribution is 0.432. The Kier molecular flexibility index (Phi) is 2.33. The molecular formula is C12H11N5O. The molecule has 0 amide bonds. The number of aryl methyl sites for hydroxylation is 1. The van der Waals surface area contributed by atoms with Gasteiger partial charge in [-0.15, -0.1) is 0 Å². The van der Waals surface area contributed by atoms with E-state index in [1.807, 2.05) is 25.1 Å². The van der Waals surface area contributed by atoms with Crippen molar-refractivity contribution in [2.45, 2.75) is 6.92 Å². The molecule has 0 saturated heterocycles. The van der Waals surface area contributed by atoms with Crippen molar-refractivity contribution in [2.75, 3.05) is 5.73 Å². The fourth-order valence-corrected chi connectivity index (χ4v) is 1.63. The summed E-state index contributed by atoms with van der Waals surface area (Å²) in [6, 6.07) is 5.58. The van der Waals surface area contributed by atoms with Crippen LogP contribution in [0.3, 0.4) is 0 Å². The Morgan fingerprint density at radius 3 is 2.94 bits per heavy atom. The molecule has 3 rings (SSSR count). The minimum Gasteiger partial charge on any atom is -0.399 e. The fourth-order valence-electron chi connectivity index (χ4n) is 1.63. The normalized spacial score (nSPS) is 10.7. The number of anilines is 1. The van der Waals surface area contributed by atoms with Crippen molar-refractivity contribution in [3.05, 3.63) is 36.2 Å². The molecule has 6 heteroatoms. The highest BCUT2D eigenvalue weighted by Gasteiger charge is 2.12. The van der Waals surface area contributed by atoms with E-state index in [2.05, 4.69) is 20.1 Å². The number of H-pyrrole nitrogens is 1. The van der Waals surface area contributed by atoms with E-state index in [0.29, 0.717) is 17.5 Å². The quantitative estimate of drug-likeness (QED) is 0.669. The molecule has 0 bridgehead atoms. The van der Waals surface area contributed by atoms with E-state index in [1.165, 1.54) is 0 Å². The first kappa shape index (κ1) is 10.5. The summed E-state index contributed by atoms with van der Waals surface area (Å²) < 4.78 is 5.21. The number of nitrogens with zero attached hydrogens (tertiary/aromatic N) is 3. The zero-order valence-corrected chi connectivity index (χ0v) is 9.71. The average molecular weight is 241 g/mol. The summed E-state index contributed by atoms with van der Waals surface area (Å²) in [6.07, 6.45) is 3.34. The van der Waals surface area contributed by atoms with E-state index in [4.69, 9.17) is 10.3 Å². The number of imidazole rings is 1. The van der Waals surface area contributed by atoms with Gasteiger partial charge < -0.3 is 15.2 Å². The third kappa shape index (κ3) is 1.73. The van der Waals surface area contributed by atoms with Gasteiger partial charge in [-0.1, -0.05) is 5.16 Å². The van der Waals surface area contributed by atoms with Crippen molar-refractivity contribution < 1.29 is 4.52 Å². The zero-order chi connectivity index (χ0) is 12.5. The predicted octanol–water partition coefficient (Wildman–Crippen LogP) is 2.02. The summed E-state index contributed by atoms with van der Waals surface area (Å²) in [7, 11) is 0.